The fourth-order valence-electron chi connectivity index (χ4n) is 7.98. The Hall–Kier alpha value is -1.89. The van der Waals surface area contributed by atoms with Gasteiger partial charge in [-0.2, -0.15) is 0 Å². The minimum absolute atomic E-state index is 0.0388. The number of aromatic nitrogens is 1. The van der Waals surface area contributed by atoms with Crippen molar-refractivity contribution in [2.75, 3.05) is 45.9 Å². The van der Waals surface area contributed by atoms with Crippen molar-refractivity contribution in [3.8, 4) is 0 Å². The fourth-order valence-corrected chi connectivity index (χ4v) is 7.98. The van der Waals surface area contributed by atoms with E-state index in [4.69, 9.17) is 0 Å². The number of aromatic amines is 1. The van der Waals surface area contributed by atoms with Gasteiger partial charge in [0.25, 0.3) is 5.91 Å². The van der Waals surface area contributed by atoms with Crippen molar-refractivity contribution in [3.63, 3.8) is 0 Å². The number of benzene rings is 1. The van der Waals surface area contributed by atoms with Crippen molar-refractivity contribution >= 4 is 16.8 Å². The SMILES string of the molecule is O=C(c1ccc2c(C(C3CCC3)(N3CCCCCC3)N3CCCCCC3)c[nH]c2c1)N1CCC(CO)CC1. The van der Waals surface area contributed by atoms with Crippen LogP contribution in [0.25, 0.3) is 10.9 Å². The van der Waals surface area contributed by atoms with E-state index in [1.54, 1.807) is 0 Å². The van der Waals surface area contributed by atoms with Gasteiger partial charge in [-0.25, -0.2) is 0 Å². The summed E-state index contributed by atoms with van der Waals surface area (Å²) in [5.41, 5.74) is 3.31. The van der Waals surface area contributed by atoms with E-state index < -0.39 is 0 Å². The molecule has 2 aromatic rings. The summed E-state index contributed by atoms with van der Waals surface area (Å²) in [7, 11) is 0. The Kier molecular flexibility index (Phi) is 8.10. The third kappa shape index (κ3) is 4.82. The summed E-state index contributed by atoms with van der Waals surface area (Å²) in [4.78, 5) is 24.9. The van der Waals surface area contributed by atoms with Gasteiger partial charge in [-0.05, 0) is 75.3 Å². The largest absolute Gasteiger partial charge is 0.396 e. The molecule has 6 nitrogen and oxygen atoms in total. The first-order valence-electron chi connectivity index (χ1n) is 15.7. The highest BCUT2D eigenvalue weighted by Crippen LogP contribution is 2.51. The number of nitrogens with zero attached hydrogens (tertiary/aromatic N) is 3. The van der Waals surface area contributed by atoms with Crippen LogP contribution >= 0.6 is 0 Å². The quantitative estimate of drug-likeness (QED) is 0.512. The normalized spacial score (nSPS) is 23.8. The first kappa shape index (κ1) is 26.3. The van der Waals surface area contributed by atoms with Crippen LogP contribution in [0.15, 0.2) is 24.4 Å². The molecule has 4 heterocycles. The van der Waals surface area contributed by atoms with E-state index in [1.807, 2.05) is 4.90 Å². The molecule has 6 heteroatoms. The lowest BCUT2D eigenvalue weighted by atomic mass is 9.70. The molecule has 1 aromatic heterocycles. The maximum absolute atomic E-state index is 13.4. The van der Waals surface area contributed by atoms with Crippen LogP contribution in [-0.4, -0.2) is 76.6 Å². The van der Waals surface area contributed by atoms with Crippen LogP contribution in [0.5, 0.6) is 0 Å². The van der Waals surface area contributed by atoms with Gasteiger partial charge in [-0.15, -0.1) is 0 Å². The zero-order chi connectivity index (χ0) is 26.0. The van der Waals surface area contributed by atoms with Crippen LogP contribution in [-0.2, 0) is 5.66 Å². The first-order chi connectivity index (χ1) is 18.7. The molecule has 0 radical (unpaired) electrons. The van der Waals surface area contributed by atoms with Gasteiger partial charge in [-0.3, -0.25) is 14.6 Å². The summed E-state index contributed by atoms with van der Waals surface area (Å²) in [6.07, 6.45) is 18.7. The van der Waals surface area contributed by atoms with Gasteiger partial charge in [0, 0.05) is 74.1 Å². The van der Waals surface area contributed by atoms with Gasteiger partial charge >= 0.3 is 0 Å². The van der Waals surface area contributed by atoms with Crippen LogP contribution in [0.2, 0.25) is 0 Å². The van der Waals surface area contributed by atoms with Crippen molar-refractivity contribution in [2.45, 2.75) is 89.1 Å². The highest BCUT2D eigenvalue weighted by Gasteiger charge is 2.52. The Morgan fingerprint density at radius 1 is 0.816 bits per heavy atom. The molecule has 0 atom stereocenters. The van der Waals surface area contributed by atoms with Crippen molar-refractivity contribution in [1.82, 2.24) is 19.7 Å². The smallest absolute Gasteiger partial charge is 0.253 e. The van der Waals surface area contributed by atoms with Crippen molar-refractivity contribution in [3.05, 3.63) is 35.5 Å². The van der Waals surface area contributed by atoms with Gasteiger partial charge < -0.3 is 15.0 Å². The molecule has 0 bridgehead atoms. The Bertz CT molecular complexity index is 1050. The number of piperidine rings is 1. The van der Waals surface area contributed by atoms with Crippen LogP contribution in [0.1, 0.15) is 99.4 Å². The summed E-state index contributed by atoms with van der Waals surface area (Å²) in [6.45, 7) is 6.50. The lowest BCUT2D eigenvalue weighted by Crippen LogP contribution is -2.64. The lowest BCUT2D eigenvalue weighted by molar-refractivity contribution is -0.128. The summed E-state index contributed by atoms with van der Waals surface area (Å²) in [5.74, 6) is 1.14. The predicted molar refractivity (Wildman–Crippen MR) is 153 cm³/mol. The van der Waals surface area contributed by atoms with E-state index in [1.165, 1.54) is 108 Å². The number of aliphatic hydroxyl groups is 1. The van der Waals surface area contributed by atoms with Crippen LogP contribution < -0.4 is 0 Å². The number of H-pyrrole nitrogens is 1. The zero-order valence-electron chi connectivity index (χ0n) is 23.3. The molecule has 38 heavy (non-hydrogen) atoms. The predicted octanol–water partition coefficient (Wildman–Crippen LogP) is 5.72. The molecule has 6 rings (SSSR count). The van der Waals surface area contributed by atoms with Crippen molar-refractivity contribution in [2.24, 2.45) is 11.8 Å². The molecule has 1 aromatic carbocycles. The maximum Gasteiger partial charge on any atom is 0.253 e. The molecule has 2 N–H and O–H groups in total. The average molecular weight is 521 g/mol. The number of hydrogen-bond donors (Lipinski definition) is 2. The van der Waals surface area contributed by atoms with Gasteiger partial charge in [0.15, 0.2) is 0 Å². The number of carbonyl (C=O) groups is 1. The third-order valence-electron chi connectivity index (χ3n) is 10.3. The summed E-state index contributed by atoms with van der Waals surface area (Å²) >= 11 is 0. The Labute approximate surface area is 228 Å². The second-order valence-corrected chi connectivity index (χ2v) is 12.5. The molecule has 1 saturated carbocycles. The standard InChI is InChI=1S/C32H48N4O2/c37-24-25-14-20-34(21-15-25)31(38)26-12-13-28-29(23-33-30(28)22-26)32(27-10-9-11-27,35-16-5-1-2-6-17-35)36-18-7-3-4-8-19-36/h12-13,22-23,25,27,33,37H,1-11,14-21,24H2. The summed E-state index contributed by atoms with van der Waals surface area (Å²) in [5, 5.41) is 10.8. The highest BCUT2D eigenvalue weighted by molar-refractivity contribution is 5.98. The number of carbonyl (C=O) groups excluding carboxylic acids is 1. The van der Waals surface area contributed by atoms with Crippen molar-refractivity contribution < 1.29 is 9.90 Å². The molecule has 1 aliphatic carbocycles. The number of aliphatic hydroxyl groups excluding tert-OH is 1. The molecular formula is C32H48N4O2. The van der Waals surface area contributed by atoms with Crippen LogP contribution in [0.4, 0.5) is 0 Å². The van der Waals surface area contributed by atoms with Gasteiger partial charge in [0.1, 0.15) is 5.66 Å². The molecule has 4 aliphatic rings. The molecule has 3 aliphatic heterocycles. The van der Waals surface area contributed by atoms with Crippen molar-refractivity contribution in [1.29, 1.82) is 0 Å². The highest BCUT2D eigenvalue weighted by atomic mass is 16.3. The molecule has 0 spiro atoms. The lowest BCUT2D eigenvalue weighted by Gasteiger charge is -2.57. The zero-order valence-corrected chi connectivity index (χ0v) is 23.3. The minimum Gasteiger partial charge on any atom is -0.396 e. The number of likely N-dealkylation sites (tertiary alicyclic amines) is 3. The number of fused-ring (bicyclic) bond motifs is 1. The van der Waals surface area contributed by atoms with Gasteiger partial charge in [-0.1, -0.05) is 38.2 Å². The van der Waals surface area contributed by atoms with Gasteiger partial charge in [0.2, 0.25) is 0 Å². The van der Waals surface area contributed by atoms with Crippen LogP contribution in [0.3, 0.4) is 0 Å². The van der Waals surface area contributed by atoms with E-state index in [0.717, 1.165) is 37.0 Å². The first-order valence-corrected chi connectivity index (χ1v) is 15.7. The van der Waals surface area contributed by atoms with E-state index in [2.05, 4.69) is 39.2 Å². The number of amides is 1. The van der Waals surface area contributed by atoms with Gasteiger partial charge in [0.05, 0.1) is 0 Å². The molecular weight excluding hydrogens is 472 g/mol. The molecule has 0 unspecified atom stereocenters. The van der Waals surface area contributed by atoms with Crippen LogP contribution in [0, 0.1) is 11.8 Å². The van der Waals surface area contributed by atoms with E-state index in [9.17, 15) is 9.90 Å². The second-order valence-electron chi connectivity index (χ2n) is 12.5. The monoisotopic (exact) mass is 520 g/mol. The molecule has 3 saturated heterocycles. The third-order valence-corrected chi connectivity index (χ3v) is 10.3. The Balaban J connectivity index is 1.38. The fraction of sp³-hybridized carbons (Fsp3) is 0.719. The number of hydrogen-bond acceptors (Lipinski definition) is 4. The van der Waals surface area contributed by atoms with E-state index in [-0.39, 0.29) is 18.2 Å². The van der Waals surface area contributed by atoms with E-state index in [0.29, 0.717) is 11.8 Å². The topological polar surface area (TPSA) is 62.8 Å². The Morgan fingerprint density at radius 3 is 1.95 bits per heavy atom. The number of nitrogens with one attached hydrogen (secondary N) is 1. The minimum atomic E-state index is -0.0388. The summed E-state index contributed by atoms with van der Waals surface area (Å²) in [6, 6.07) is 6.43. The average Bonchev–Trinajstić information content (AvgIpc) is 3.11. The molecule has 4 fully saturated rings. The number of rotatable bonds is 6. The second kappa shape index (κ2) is 11.7. The Morgan fingerprint density at radius 2 is 1.42 bits per heavy atom. The maximum atomic E-state index is 13.4. The summed E-state index contributed by atoms with van der Waals surface area (Å²) < 4.78 is 0. The molecule has 208 valence electrons. The van der Waals surface area contributed by atoms with E-state index >= 15 is 0 Å². The molecule has 1 amide bonds.